The van der Waals surface area contributed by atoms with Crippen molar-refractivity contribution in [1.29, 1.82) is 0 Å². The number of aryl methyl sites for hydroxylation is 1. The van der Waals surface area contributed by atoms with Crippen LogP contribution in [0.5, 0.6) is 0 Å². The Morgan fingerprint density at radius 2 is 2.19 bits per heavy atom. The normalized spacial score (nSPS) is 20.0. The molecular weight excluding hydrogens is 351 g/mol. The van der Waals surface area contributed by atoms with Gasteiger partial charge >= 0.3 is 0 Å². The first-order valence-corrected chi connectivity index (χ1v) is 8.84. The van der Waals surface area contributed by atoms with Crippen molar-refractivity contribution in [2.45, 2.75) is 32.0 Å². The number of carbonyl (C=O) groups is 1. The van der Waals surface area contributed by atoms with Crippen molar-refractivity contribution >= 4 is 5.91 Å². The monoisotopic (exact) mass is 370 g/mol. The smallest absolute Gasteiger partial charge is 0.266 e. The van der Waals surface area contributed by atoms with Crippen LogP contribution in [0.1, 0.15) is 36.0 Å². The van der Waals surface area contributed by atoms with E-state index in [1.165, 1.54) is 11.1 Å². The summed E-state index contributed by atoms with van der Waals surface area (Å²) in [5.74, 6) is -0.0431. The van der Waals surface area contributed by atoms with E-state index in [2.05, 4.69) is 20.2 Å². The Bertz CT molecular complexity index is 940. The third-order valence-electron chi connectivity index (χ3n) is 4.68. The topological polar surface area (TPSA) is 89.9 Å². The van der Waals surface area contributed by atoms with Crippen LogP contribution in [-0.4, -0.2) is 48.8 Å². The zero-order valence-electron chi connectivity index (χ0n) is 14.9. The lowest BCUT2D eigenvalue weighted by molar-refractivity contribution is 0.0152. The molecule has 27 heavy (non-hydrogen) atoms. The van der Waals surface area contributed by atoms with Crippen LogP contribution < -0.4 is 0 Å². The Kier molecular flexibility index (Phi) is 4.43. The summed E-state index contributed by atoms with van der Waals surface area (Å²) in [4.78, 5) is 22.4. The van der Waals surface area contributed by atoms with E-state index in [9.17, 15) is 4.79 Å². The van der Waals surface area contributed by atoms with Gasteiger partial charge in [-0.1, -0.05) is 5.16 Å². The molecule has 0 saturated carbocycles. The van der Waals surface area contributed by atoms with Crippen molar-refractivity contribution in [3.63, 3.8) is 0 Å². The van der Waals surface area contributed by atoms with Crippen LogP contribution in [0.4, 0.5) is 4.39 Å². The molecular formula is C18H19FN6O2. The van der Waals surface area contributed by atoms with Crippen molar-refractivity contribution < 1.29 is 13.7 Å². The van der Waals surface area contributed by atoms with Gasteiger partial charge in [-0.25, -0.2) is 4.39 Å². The van der Waals surface area contributed by atoms with Crippen LogP contribution in [0.25, 0.3) is 11.4 Å². The van der Waals surface area contributed by atoms with Gasteiger partial charge in [-0.2, -0.15) is 10.1 Å². The maximum atomic E-state index is 15.6. The van der Waals surface area contributed by atoms with Gasteiger partial charge in [0, 0.05) is 37.2 Å². The molecule has 0 spiro atoms. The number of amides is 1. The molecule has 1 aliphatic rings. The Labute approximate surface area is 155 Å². The molecule has 0 aromatic carbocycles. The highest BCUT2D eigenvalue weighted by atomic mass is 19.1. The molecule has 4 rings (SSSR count). The number of pyridine rings is 1. The highest BCUT2D eigenvalue weighted by Gasteiger charge is 2.44. The molecule has 0 aliphatic carbocycles. The summed E-state index contributed by atoms with van der Waals surface area (Å²) in [7, 11) is 0. The molecule has 1 amide bonds. The molecule has 4 heterocycles. The second-order valence-corrected chi connectivity index (χ2v) is 6.54. The van der Waals surface area contributed by atoms with Crippen LogP contribution in [0.3, 0.4) is 0 Å². The van der Waals surface area contributed by atoms with Gasteiger partial charge in [0.1, 0.15) is 0 Å². The molecule has 0 radical (unpaired) electrons. The zero-order chi connectivity index (χ0) is 18.9. The number of hydrogen-bond donors (Lipinski definition) is 0. The van der Waals surface area contributed by atoms with E-state index in [1.807, 2.05) is 6.92 Å². The molecule has 140 valence electrons. The fraction of sp³-hybridized carbons (Fsp3) is 0.389. The number of carbonyl (C=O) groups excluding carboxylic acids is 1. The van der Waals surface area contributed by atoms with E-state index in [1.54, 1.807) is 35.4 Å². The number of alkyl halides is 1. The second kappa shape index (κ2) is 6.90. The first kappa shape index (κ1) is 17.3. The predicted molar refractivity (Wildman–Crippen MR) is 93.4 cm³/mol. The van der Waals surface area contributed by atoms with Crippen molar-refractivity contribution in [2.24, 2.45) is 0 Å². The van der Waals surface area contributed by atoms with Gasteiger partial charge in [0.2, 0.25) is 11.5 Å². The molecule has 0 N–H and O–H groups in total. The third kappa shape index (κ3) is 3.32. The summed E-state index contributed by atoms with van der Waals surface area (Å²) in [6, 6.07) is 3.45. The largest absolute Gasteiger partial charge is 0.335 e. The van der Waals surface area contributed by atoms with Crippen molar-refractivity contribution in [2.75, 3.05) is 13.1 Å². The van der Waals surface area contributed by atoms with E-state index in [-0.39, 0.29) is 24.8 Å². The zero-order valence-corrected chi connectivity index (χ0v) is 14.9. The van der Waals surface area contributed by atoms with Gasteiger partial charge < -0.3 is 9.42 Å². The minimum absolute atomic E-state index is 0.101. The van der Waals surface area contributed by atoms with Crippen LogP contribution in [0.15, 0.2) is 41.4 Å². The van der Waals surface area contributed by atoms with Crippen LogP contribution >= 0.6 is 0 Å². The molecule has 1 fully saturated rings. The van der Waals surface area contributed by atoms with Gasteiger partial charge in [-0.3, -0.25) is 14.5 Å². The van der Waals surface area contributed by atoms with Crippen molar-refractivity contribution in [3.05, 3.63) is 48.4 Å². The van der Waals surface area contributed by atoms with E-state index in [0.29, 0.717) is 36.5 Å². The summed E-state index contributed by atoms with van der Waals surface area (Å²) < 4.78 is 22.5. The second-order valence-electron chi connectivity index (χ2n) is 6.54. The number of piperidine rings is 1. The summed E-state index contributed by atoms with van der Waals surface area (Å²) in [6.45, 7) is 2.96. The summed E-state index contributed by atoms with van der Waals surface area (Å²) in [6.07, 6.45) is 7.13. The third-order valence-corrected chi connectivity index (χ3v) is 4.68. The van der Waals surface area contributed by atoms with Crippen molar-refractivity contribution in [1.82, 2.24) is 29.8 Å². The fourth-order valence-corrected chi connectivity index (χ4v) is 3.21. The molecule has 3 aromatic rings. The van der Waals surface area contributed by atoms with E-state index >= 15 is 4.39 Å². The SMILES string of the molecule is CCn1cc(C(=O)N2CCCC(F)(c3nc(-c4ccncc4)no3)C2)cn1. The van der Waals surface area contributed by atoms with Crippen LogP contribution in [0.2, 0.25) is 0 Å². The Balaban J connectivity index is 1.54. The molecule has 8 nitrogen and oxygen atoms in total. The summed E-state index contributed by atoms with van der Waals surface area (Å²) in [5, 5.41) is 7.99. The van der Waals surface area contributed by atoms with Gasteiger partial charge in [0.15, 0.2) is 0 Å². The molecule has 9 heteroatoms. The standard InChI is InChI=1S/C18H19FN6O2/c1-2-25-11-14(10-21-25)16(26)24-9-3-6-18(19,12-24)17-22-15(23-27-17)13-4-7-20-8-5-13/h4-5,7-8,10-11H,2-3,6,9,12H2,1H3. The lowest BCUT2D eigenvalue weighted by Crippen LogP contribution is -2.46. The number of halogens is 1. The fourth-order valence-electron chi connectivity index (χ4n) is 3.21. The molecule has 1 atom stereocenters. The lowest BCUT2D eigenvalue weighted by Gasteiger charge is -2.34. The molecule has 0 bridgehead atoms. The number of nitrogens with zero attached hydrogens (tertiary/aromatic N) is 6. The van der Waals surface area contributed by atoms with Gasteiger partial charge in [0.05, 0.1) is 18.3 Å². The lowest BCUT2D eigenvalue weighted by atomic mass is 9.94. The molecule has 3 aromatic heterocycles. The van der Waals surface area contributed by atoms with Gasteiger partial charge in [-0.15, -0.1) is 0 Å². The van der Waals surface area contributed by atoms with Crippen LogP contribution in [0, 0.1) is 0 Å². The average Bonchev–Trinajstić information content (AvgIpc) is 3.38. The highest BCUT2D eigenvalue weighted by molar-refractivity contribution is 5.93. The maximum Gasteiger partial charge on any atom is 0.266 e. The Morgan fingerprint density at radius 3 is 2.93 bits per heavy atom. The average molecular weight is 370 g/mol. The Hall–Kier alpha value is -3.10. The van der Waals surface area contributed by atoms with E-state index in [4.69, 9.17) is 4.52 Å². The van der Waals surface area contributed by atoms with Gasteiger partial charge in [-0.05, 0) is 31.9 Å². The van der Waals surface area contributed by atoms with Crippen LogP contribution in [-0.2, 0) is 12.2 Å². The summed E-state index contributed by atoms with van der Waals surface area (Å²) in [5.41, 5.74) is -0.726. The molecule has 1 saturated heterocycles. The number of aromatic nitrogens is 5. The first-order chi connectivity index (χ1) is 13.1. The quantitative estimate of drug-likeness (QED) is 0.701. The van der Waals surface area contributed by atoms with Crippen molar-refractivity contribution in [3.8, 4) is 11.4 Å². The van der Waals surface area contributed by atoms with E-state index in [0.717, 1.165) is 0 Å². The number of hydrogen-bond acceptors (Lipinski definition) is 6. The molecule has 1 unspecified atom stereocenters. The highest BCUT2D eigenvalue weighted by Crippen LogP contribution is 2.36. The molecule has 1 aliphatic heterocycles. The summed E-state index contributed by atoms with van der Waals surface area (Å²) >= 11 is 0. The first-order valence-electron chi connectivity index (χ1n) is 8.84. The minimum atomic E-state index is -1.87. The van der Waals surface area contributed by atoms with E-state index < -0.39 is 5.67 Å². The Morgan fingerprint density at radius 1 is 1.37 bits per heavy atom. The predicted octanol–water partition coefficient (Wildman–Crippen LogP) is 2.45. The minimum Gasteiger partial charge on any atom is -0.335 e. The van der Waals surface area contributed by atoms with Gasteiger partial charge in [0.25, 0.3) is 11.8 Å². The number of likely N-dealkylation sites (tertiary alicyclic amines) is 1. The number of rotatable bonds is 4. The maximum absolute atomic E-state index is 15.6.